The van der Waals surface area contributed by atoms with Crippen molar-refractivity contribution >= 4 is 51.5 Å². The first-order chi connectivity index (χ1) is 14.5. The van der Waals surface area contributed by atoms with E-state index < -0.39 is 11.9 Å². The molecular formula is C24H16Cl3NO2. The van der Waals surface area contributed by atoms with Crippen LogP contribution in [0.5, 0.6) is 5.75 Å². The van der Waals surface area contributed by atoms with Gasteiger partial charge in [0.25, 0.3) is 5.91 Å². The fraction of sp³-hybridized carbons (Fsp3) is 0.0417. The second kappa shape index (κ2) is 8.57. The van der Waals surface area contributed by atoms with Gasteiger partial charge in [-0.15, -0.1) is 0 Å². The molecule has 1 atom stereocenters. The van der Waals surface area contributed by atoms with Crippen LogP contribution < -0.4 is 5.32 Å². The lowest BCUT2D eigenvalue weighted by atomic mass is 9.92. The minimum atomic E-state index is -0.643. The SMILES string of the molecule is O=C(NC(c1ccccc1)c1c(O)ccc2ccccc12)c1c(Cl)ccc(Cl)c1Cl. The highest BCUT2D eigenvalue weighted by molar-refractivity contribution is 6.46. The number of hydrogen-bond donors (Lipinski definition) is 2. The molecule has 4 aromatic carbocycles. The van der Waals surface area contributed by atoms with E-state index in [4.69, 9.17) is 34.8 Å². The lowest BCUT2D eigenvalue weighted by Gasteiger charge is -2.23. The molecule has 1 unspecified atom stereocenters. The fourth-order valence-corrected chi connectivity index (χ4v) is 4.19. The molecule has 1 amide bonds. The second-order valence-electron chi connectivity index (χ2n) is 6.75. The smallest absolute Gasteiger partial charge is 0.255 e. The number of fused-ring (bicyclic) bond motifs is 1. The zero-order valence-electron chi connectivity index (χ0n) is 15.6. The van der Waals surface area contributed by atoms with Crippen LogP contribution in [0.2, 0.25) is 15.1 Å². The van der Waals surface area contributed by atoms with Crippen molar-refractivity contribution in [1.82, 2.24) is 5.32 Å². The van der Waals surface area contributed by atoms with E-state index in [0.717, 1.165) is 16.3 Å². The minimum absolute atomic E-state index is 0.0751. The molecule has 4 rings (SSSR count). The molecule has 0 bridgehead atoms. The van der Waals surface area contributed by atoms with Gasteiger partial charge in [-0.05, 0) is 34.5 Å². The van der Waals surface area contributed by atoms with E-state index in [2.05, 4.69) is 5.32 Å². The normalized spacial score (nSPS) is 12.0. The van der Waals surface area contributed by atoms with Gasteiger partial charge in [-0.2, -0.15) is 0 Å². The summed E-state index contributed by atoms with van der Waals surface area (Å²) in [6, 6.07) is 22.9. The molecular weight excluding hydrogens is 441 g/mol. The van der Waals surface area contributed by atoms with Crippen LogP contribution in [0, 0.1) is 0 Å². The molecule has 2 N–H and O–H groups in total. The Kier molecular flexibility index (Phi) is 5.87. The van der Waals surface area contributed by atoms with Crippen molar-refractivity contribution in [2.24, 2.45) is 0 Å². The Bertz CT molecular complexity index is 1240. The summed E-state index contributed by atoms with van der Waals surface area (Å²) in [4.78, 5) is 13.2. The van der Waals surface area contributed by atoms with Crippen LogP contribution in [0.1, 0.15) is 27.5 Å². The van der Waals surface area contributed by atoms with Gasteiger partial charge in [0.15, 0.2) is 0 Å². The van der Waals surface area contributed by atoms with E-state index >= 15 is 0 Å². The van der Waals surface area contributed by atoms with Gasteiger partial charge in [0.05, 0.1) is 26.7 Å². The quantitative estimate of drug-likeness (QED) is 0.324. The number of amides is 1. The summed E-state index contributed by atoms with van der Waals surface area (Å²) in [7, 11) is 0. The number of carbonyl (C=O) groups excluding carboxylic acids is 1. The topological polar surface area (TPSA) is 49.3 Å². The number of hydrogen-bond acceptors (Lipinski definition) is 2. The number of phenols is 1. The average molecular weight is 457 g/mol. The van der Waals surface area contributed by atoms with E-state index in [0.29, 0.717) is 5.56 Å². The van der Waals surface area contributed by atoms with Crippen molar-refractivity contribution in [1.29, 1.82) is 0 Å². The van der Waals surface area contributed by atoms with Crippen LogP contribution >= 0.6 is 34.8 Å². The molecule has 0 aromatic heterocycles. The molecule has 0 aliphatic heterocycles. The van der Waals surface area contributed by atoms with Gasteiger partial charge in [-0.25, -0.2) is 0 Å². The number of aromatic hydroxyl groups is 1. The van der Waals surface area contributed by atoms with E-state index in [1.165, 1.54) is 12.1 Å². The first-order valence-corrected chi connectivity index (χ1v) is 10.3. The van der Waals surface area contributed by atoms with Crippen LogP contribution in [0.25, 0.3) is 10.8 Å². The summed E-state index contributed by atoms with van der Waals surface area (Å²) in [6.45, 7) is 0. The van der Waals surface area contributed by atoms with Crippen LogP contribution in [-0.2, 0) is 0 Å². The van der Waals surface area contributed by atoms with Crippen LogP contribution in [0.4, 0.5) is 0 Å². The van der Waals surface area contributed by atoms with Gasteiger partial charge < -0.3 is 10.4 Å². The zero-order valence-corrected chi connectivity index (χ0v) is 17.8. The standard InChI is InChI=1S/C24H16Cl3NO2/c25-17-11-12-18(26)22(27)21(17)24(30)28-23(15-7-2-1-3-8-15)20-16-9-5-4-6-14(16)10-13-19(20)29/h1-13,23,29H,(H,28,30). The van der Waals surface area contributed by atoms with Crippen molar-refractivity contribution in [3.63, 3.8) is 0 Å². The number of rotatable bonds is 4. The van der Waals surface area contributed by atoms with Gasteiger partial charge in [0.2, 0.25) is 0 Å². The minimum Gasteiger partial charge on any atom is -0.508 e. The molecule has 4 aromatic rings. The summed E-state index contributed by atoms with van der Waals surface area (Å²) < 4.78 is 0. The maximum Gasteiger partial charge on any atom is 0.255 e. The lowest BCUT2D eigenvalue weighted by Crippen LogP contribution is -2.30. The molecule has 0 aliphatic rings. The number of benzene rings is 4. The molecule has 0 heterocycles. The average Bonchev–Trinajstić information content (AvgIpc) is 2.76. The van der Waals surface area contributed by atoms with Gasteiger partial charge in [-0.3, -0.25) is 4.79 Å². The molecule has 30 heavy (non-hydrogen) atoms. The Labute approximate surface area is 188 Å². The number of nitrogens with one attached hydrogen (secondary N) is 1. The van der Waals surface area contributed by atoms with Gasteiger partial charge >= 0.3 is 0 Å². The number of carbonyl (C=O) groups is 1. The van der Waals surface area contributed by atoms with Crippen molar-refractivity contribution in [2.45, 2.75) is 6.04 Å². The largest absolute Gasteiger partial charge is 0.508 e. The third kappa shape index (κ3) is 3.84. The third-order valence-corrected chi connectivity index (χ3v) is 6.03. The predicted molar refractivity (Wildman–Crippen MR) is 123 cm³/mol. The van der Waals surface area contributed by atoms with E-state index in [9.17, 15) is 9.90 Å². The van der Waals surface area contributed by atoms with Gasteiger partial charge in [-0.1, -0.05) is 95.5 Å². The molecule has 0 aliphatic carbocycles. The Morgan fingerprint density at radius 3 is 2.23 bits per heavy atom. The first kappa shape index (κ1) is 20.5. The van der Waals surface area contributed by atoms with Crippen LogP contribution in [-0.4, -0.2) is 11.0 Å². The van der Waals surface area contributed by atoms with Gasteiger partial charge in [0, 0.05) is 5.56 Å². The van der Waals surface area contributed by atoms with E-state index in [1.54, 1.807) is 6.07 Å². The lowest BCUT2D eigenvalue weighted by molar-refractivity contribution is 0.0943. The predicted octanol–water partition coefficient (Wildman–Crippen LogP) is 7.03. The Hall–Kier alpha value is -2.72. The highest BCUT2D eigenvalue weighted by Gasteiger charge is 2.25. The molecule has 6 heteroatoms. The van der Waals surface area contributed by atoms with E-state index in [1.807, 2.05) is 60.7 Å². The maximum absolute atomic E-state index is 13.2. The summed E-state index contributed by atoms with van der Waals surface area (Å²) in [5, 5.41) is 16.0. The van der Waals surface area contributed by atoms with Crippen molar-refractivity contribution in [2.75, 3.05) is 0 Å². The number of phenolic OH excluding ortho intramolecular Hbond substituents is 1. The van der Waals surface area contributed by atoms with Gasteiger partial charge in [0.1, 0.15) is 5.75 Å². The van der Waals surface area contributed by atoms with Crippen molar-refractivity contribution in [3.8, 4) is 5.75 Å². The van der Waals surface area contributed by atoms with E-state index in [-0.39, 0.29) is 26.4 Å². The summed E-state index contributed by atoms with van der Waals surface area (Å²) in [6.07, 6.45) is 0. The fourth-order valence-electron chi connectivity index (χ4n) is 3.49. The van der Waals surface area contributed by atoms with Crippen LogP contribution in [0.15, 0.2) is 78.9 Å². The third-order valence-electron chi connectivity index (χ3n) is 4.92. The summed E-state index contributed by atoms with van der Waals surface area (Å²) in [5.74, 6) is -0.417. The van der Waals surface area contributed by atoms with Crippen molar-refractivity contribution < 1.29 is 9.90 Å². The first-order valence-electron chi connectivity index (χ1n) is 9.17. The Morgan fingerprint density at radius 1 is 0.800 bits per heavy atom. The molecule has 0 saturated heterocycles. The molecule has 150 valence electrons. The Morgan fingerprint density at radius 2 is 1.47 bits per heavy atom. The molecule has 0 saturated carbocycles. The molecule has 0 fully saturated rings. The molecule has 3 nitrogen and oxygen atoms in total. The maximum atomic E-state index is 13.2. The molecule has 0 spiro atoms. The second-order valence-corrected chi connectivity index (χ2v) is 7.95. The van der Waals surface area contributed by atoms with Crippen LogP contribution in [0.3, 0.4) is 0 Å². The summed E-state index contributed by atoms with van der Waals surface area (Å²) in [5.41, 5.74) is 1.47. The Balaban J connectivity index is 1.87. The zero-order chi connectivity index (χ0) is 21.3. The highest BCUT2D eigenvalue weighted by atomic mass is 35.5. The monoisotopic (exact) mass is 455 g/mol. The molecule has 0 radical (unpaired) electrons. The van der Waals surface area contributed by atoms with Crippen molar-refractivity contribution in [3.05, 3.63) is 111 Å². The summed E-state index contributed by atoms with van der Waals surface area (Å²) >= 11 is 18.6. The highest BCUT2D eigenvalue weighted by Crippen LogP contribution is 2.37. The number of halogens is 3.